The molecule has 1 saturated heterocycles. The van der Waals surface area contributed by atoms with Gasteiger partial charge >= 0.3 is 0 Å². The lowest BCUT2D eigenvalue weighted by Gasteiger charge is -2.34. The van der Waals surface area contributed by atoms with Gasteiger partial charge < -0.3 is 5.32 Å². The van der Waals surface area contributed by atoms with E-state index in [1.54, 1.807) is 6.20 Å². The summed E-state index contributed by atoms with van der Waals surface area (Å²) in [5.74, 6) is 0.113. The Labute approximate surface area is 142 Å². The van der Waals surface area contributed by atoms with E-state index in [1.807, 2.05) is 37.1 Å². The van der Waals surface area contributed by atoms with E-state index in [-0.39, 0.29) is 11.9 Å². The van der Waals surface area contributed by atoms with Gasteiger partial charge in [0.05, 0.1) is 12.2 Å². The third kappa shape index (κ3) is 3.82. The maximum absolute atomic E-state index is 12.7. The highest BCUT2D eigenvalue weighted by atomic mass is 16.2. The molecule has 0 aliphatic carbocycles. The van der Waals surface area contributed by atoms with Gasteiger partial charge in [-0.3, -0.25) is 19.4 Å². The van der Waals surface area contributed by atoms with Crippen molar-refractivity contribution in [2.24, 2.45) is 7.05 Å². The maximum Gasteiger partial charge on any atom is 0.237 e. The fourth-order valence-corrected chi connectivity index (χ4v) is 3.22. The summed E-state index contributed by atoms with van der Waals surface area (Å²) in [5, 5.41) is 7.31. The second-order valence-electron chi connectivity index (χ2n) is 6.44. The summed E-state index contributed by atoms with van der Waals surface area (Å²) >= 11 is 0. The minimum absolute atomic E-state index is 0.0593. The van der Waals surface area contributed by atoms with Crippen molar-refractivity contribution in [2.45, 2.75) is 45.3 Å². The molecule has 1 N–H and O–H groups in total. The van der Waals surface area contributed by atoms with Crippen LogP contribution >= 0.6 is 0 Å². The summed E-state index contributed by atoms with van der Waals surface area (Å²) < 4.78 is 1.83. The van der Waals surface area contributed by atoms with Crippen LogP contribution in [0, 0.1) is 6.92 Å². The number of rotatable bonds is 5. The van der Waals surface area contributed by atoms with Crippen LogP contribution in [0.5, 0.6) is 0 Å². The van der Waals surface area contributed by atoms with Crippen LogP contribution in [0.15, 0.2) is 30.7 Å². The van der Waals surface area contributed by atoms with Gasteiger partial charge in [-0.1, -0.05) is 12.5 Å². The first-order chi connectivity index (χ1) is 11.6. The highest BCUT2D eigenvalue weighted by molar-refractivity contribution is 5.81. The molecule has 0 saturated carbocycles. The quantitative estimate of drug-likeness (QED) is 0.909. The molecule has 1 unspecified atom stereocenters. The van der Waals surface area contributed by atoms with Crippen LogP contribution in [0.25, 0.3) is 0 Å². The van der Waals surface area contributed by atoms with Gasteiger partial charge in [-0.15, -0.1) is 0 Å². The van der Waals surface area contributed by atoms with E-state index in [9.17, 15) is 4.79 Å². The molecule has 6 nitrogen and oxygen atoms in total. The summed E-state index contributed by atoms with van der Waals surface area (Å²) in [6.07, 6.45) is 8.64. The number of amides is 1. The van der Waals surface area contributed by atoms with Gasteiger partial charge in [-0.05, 0) is 37.9 Å². The summed E-state index contributed by atoms with van der Waals surface area (Å²) in [4.78, 5) is 19.1. The number of carbonyl (C=O) groups is 1. The van der Waals surface area contributed by atoms with Gasteiger partial charge in [0.15, 0.2) is 0 Å². The van der Waals surface area contributed by atoms with Gasteiger partial charge in [0, 0.05) is 43.8 Å². The van der Waals surface area contributed by atoms with Crippen LogP contribution in [0.1, 0.15) is 36.1 Å². The fourth-order valence-electron chi connectivity index (χ4n) is 3.22. The Hall–Kier alpha value is -2.21. The molecular weight excluding hydrogens is 302 g/mol. The van der Waals surface area contributed by atoms with Crippen molar-refractivity contribution in [1.29, 1.82) is 0 Å². The van der Waals surface area contributed by atoms with Crippen molar-refractivity contribution in [3.05, 3.63) is 47.5 Å². The van der Waals surface area contributed by atoms with Crippen LogP contribution in [0.4, 0.5) is 0 Å². The predicted molar refractivity (Wildman–Crippen MR) is 92.1 cm³/mol. The van der Waals surface area contributed by atoms with Gasteiger partial charge in [0.25, 0.3) is 0 Å². The van der Waals surface area contributed by atoms with Crippen molar-refractivity contribution in [3.8, 4) is 0 Å². The molecule has 1 atom stereocenters. The number of nitrogens with one attached hydrogen (secondary N) is 1. The fraction of sp³-hybridized carbons (Fsp3) is 0.500. The number of hydrogen-bond acceptors (Lipinski definition) is 4. The molecule has 0 radical (unpaired) electrons. The lowest BCUT2D eigenvalue weighted by molar-refractivity contribution is -0.128. The SMILES string of the molecule is Cc1c(CNC(=O)C2CCCCN2Cc2cccnc2)cnn1C. The molecule has 1 aliphatic heterocycles. The smallest absolute Gasteiger partial charge is 0.237 e. The predicted octanol–water partition coefficient (Wildman–Crippen LogP) is 1.79. The molecule has 3 heterocycles. The maximum atomic E-state index is 12.7. The van der Waals surface area contributed by atoms with E-state index >= 15 is 0 Å². The Morgan fingerprint density at radius 1 is 1.38 bits per heavy atom. The van der Waals surface area contributed by atoms with E-state index in [1.165, 1.54) is 0 Å². The van der Waals surface area contributed by atoms with Crippen LogP contribution in [-0.4, -0.2) is 38.2 Å². The average Bonchev–Trinajstić information content (AvgIpc) is 2.93. The Balaban J connectivity index is 1.62. The molecular formula is C18H25N5O. The average molecular weight is 327 g/mol. The van der Waals surface area contributed by atoms with E-state index in [0.717, 1.165) is 49.2 Å². The zero-order chi connectivity index (χ0) is 16.9. The summed E-state index contributed by atoms with van der Waals surface area (Å²) in [6.45, 7) is 4.29. The second kappa shape index (κ2) is 7.57. The first kappa shape index (κ1) is 16.6. The number of carbonyl (C=O) groups excluding carboxylic acids is 1. The molecule has 2 aromatic rings. The van der Waals surface area contributed by atoms with E-state index < -0.39 is 0 Å². The first-order valence-electron chi connectivity index (χ1n) is 8.53. The van der Waals surface area contributed by atoms with Crippen LogP contribution in [0.2, 0.25) is 0 Å². The molecule has 6 heteroatoms. The highest BCUT2D eigenvalue weighted by Crippen LogP contribution is 2.20. The molecule has 0 aromatic carbocycles. The molecule has 3 rings (SSSR count). The number of pyridine rings is 1. The summed E-state index contributed by atoms with van der Waals surface area (Å²) in [6, 6.07) is 3.95. The first-order valence-corrected chi connectivity index (χ1v) is 8.53. The zero-order valence-corrected chi connectivity index (χ0v) is 14.4. The Morgan fingerprint density at radius 3 is 2.96 bits per heavy atom. The standard InChI is InChI=1S/C18H25N5O/c1-14-16(12-21-22(14)2)11-20-18(24)17-7-3-4-9-23(17)13-15-6-5-8-19-10-15/h5-6,8,10,12,17H,3-4,7,9,11,13H2,1-2H3,(H,20,24). The molecule has 1 aliphatic rings. The highest BCUT2D eigenvalue weighted by Gasteiger charge is 2.28. The largest absolute Gasteiger partial charge is 0.351 e. The Kier molecular flexibility index (Phi) is 5.25. The van der Waals surface area contributed by atoms with Crippen LogP contribution in [0.3, 0.4) is 0 Å². The minimum Gasteiger partial charge on any atom is -0.351 e. The summed E-state index contributed by atoms with van der Waals surface area (Å²) in [7, 11) is 1.91. The van der Waals surface area contributed by atoms with Crippen LogP contribution in [-0.2, 0) is 24.9 Å². The number of likely N-dealkylation sites (tertiary alicyclic amines) is 1. The molecule has 0 spiro atoms. The lowest BCUT2D eigenvalue weighted by atomic mass is 10.0. The number of piperidine rings is 1. The van der Waals surface area contributed by atoms with E-state index in [4.69, 9.17) is 0 Å². The third-order valence-electron chi connectivity index (χ3n) is 4.81. The minimum atomic E-state index is -0.0593. The van der Waals surface area contributed by atoms with Crippen molar-refractivity contribution in [3.63, 3.8) is 0 Å². The number of nitrogens with zero attached hydrogens (tertiary/aromatic N) is 4. The van der Waals surface area contributed by atoms with Crippen LogP contribution < -0.4 is 5.32 Å². The number of aromatic nitrogens is 3. The monoisotopic (exact) mass is 327 g/mol. The molecule has 1 amide bonds. The second-order valence-corrected chi connectivity index (χ2v) is 6.44. The topological polar surface area (TPSA) is 63.1 Å². The van der Waals surface area contributed by atoms with E-state index in [2.05, 4.69) is 26.4 Å². The van der Waals surface area contributed by atoms with Gasteiger partial charge in [-0.2, -0.15) is 5.10 Å². The Bertz CT molecular complexity index is 682. The van der Waals surface area contributed by atoms with Crippen molar-refractivity contribution >= 4 is 5.91 Å². The molecule has 24 heavy (non-hydrogen) atoms. The normalized spacial score (nSPS) is 18.5. The lowest BCUT2D eigenvalue weighted by Crippen LogP contribution is -2.48. The molecule has 128 valence electrons. The van der Waals surface area contributed by atoms with Crippen molar-refractivity contribution in [1.82, 2.24) is 25.0 Å². The molecule has 2 aromatic heterocycles. The van der Waals surface area contributed by atoms with Gasteiger partial charge in [-0.25, -0.2) is 0 Å². The molecule has 1 fully saturated rings. The van der Waals surface area contributed by atoms with Crippen molar-refractivity contribution in [2.75, 3.05) is 6.54 Å². The number of aryl methyl sites for hydroxylation is 1. The Morgan fingerprint density at radius 2 is 2.25 bits per heavy atom. The van der Waals surface area contributed by atoms with Crippen molar-refractivity contribution < 1.29 is 4.79 Å². The number of hydrogen-bond donors (Lipinski definition) is 1. The summed E-state index contributed by atoms with van der Waals surface area (Å²) in [5.41, 5.74) is 3.31. The third-order valence-corrected chi connectivity index (χ3v) is 4.81. The van der Waals surface area contributed by atoms with Gasteiger partial charge in [0.1, 0.15) is 0 Å². The van der Waals surface area contributed by atoms with Gasteiger partial charge in [0.2, 0.25) is 5.91 Å². The molecule has 0 bridgehead atoms. The zero-order valence-electron chi connectivity index (χ0n) is 14.4. The van der Waals surface area contributed by atoms with E-state index in [0.29, 0.717) is 6.54 Å².